The minimum absolute atomic E-state index is 0.0909. The first-order chi connectivity index (χ1) is 7.19. The van der Waals surface area contributed by atoms with Crippen LogP contribution in [0.15, 0.2) is 22.7 Å². The van der Waals surface area contributed by atoms with Gasteiger partial charge < -0.3 is 10.5 Å². The molecule has 0 aliphatic carbocycles. The lowest BCUT2D eigenvalue weighted by Crippen LogP contribution is -2.09. The minimum atomic E-state index is -0.0909. The van der Waals surface area contributed by atoms with E-state index < -0.39 is 0 Å². The molecule has 0 heterocycles. The minimum Gasteiger partial charge on any atom is -0.496 e. The van der Waals surface area contributed by atoms with Crippen molar-refractivity contribution in [2.75, 3.05) is 7.11 Å². The van der Waals surface area contributed by atoms with Crippen molar-refractivity contribution >= 4 is 15.9 Å². The Labute approximate surface area is 98.0 Å². The molecular formula is C11H13BrN2O. The number of benzene rings is 1. The maximum Gasteiger partial charge on any atom is 0.133 e. The molecule has 0 bridgehead atoms. The summed E-state index contributed by atoms with van der Waals surface area (Å²) in [6.45, 7) is 0. The van der Waals surface area contributed by atoms with E-state index >= 15 is 0 Å². The molecule has 0 spiro atoms. The Morgan fingerprint density at radius 1 is 1.60 bits per heavy atom. The maximum atomic E-state index is 8.46. The Kier molecular flexibility index (Phi) is 4.60. The van der Waals surface area contributed by atoms with Gasteiger partial charge in [0.25, 0.3) is 0 Å². The van der Waals surface area contributed by atoms with E-state index in [2.05, 4.69) is 22.0 Å². The third-order valence-corrected chi connectivity index (χ3v) is 2.79. The van der Waals surface area contributed by atoms with E-state index in [9.17, 15) is 0 Å². The van der Waals surface area contributed by atoms with Crippen molar-refractivity contribution in [2.24, 2.45) is 5.73 Å². The zero-order chi connectivity index (χ0) is 11.3. The zero-order valence-electron chi connectivity index (χ0n) is 8.53. The van der Waals surface area contributed by atoms with Gasteiger partial charge >= 0.3 is 0 Å². The second kappa shape index (κ2) is 5.74. The van der Waals surface area contributed by atoms with Crippen molar-refractivity contribution in [3.8, 4) is 11.8 Å². The van der Waals surface area contributed by atoms with E-state index in [1.807, 2.05) is 18.2 Å². The molecule has 80 valence electrons. The summed E-state index contributed by atoms with van der Waals surface area (Å²) in [5, 5.41) is 8.46. The van der Waals surface area contributed by atoms with Crippen LogP contribution >= 0.6 is 15.9 Å². The van der Waals surface area contributed by atoms with Crippen LogP contribution in [0.4, 0.5) is 0 Å². The van der Waals surface area contributed by atoms with E-state index in [-0.39, 0.29) is 6.04 Å². The highest BCUT2D eigenvalue weighted by Crippen LogP contribution is 2.28. The highest BCUT2D eigenvalue weighted by molar-refractivity contribution is 9.10. The molecule has 1 atom stereocenters. The number of nitriles is 1. The highest BCUT2D eigenvalue weighted by Gasteiger charge is 2.08. The van der Waals surface area contributed by atoms with E-state index in [0.717, 1.165) is 15.8 Å². The fourth-order valence-corrected chi connectivity index (χ4v) is 1.86. The molecule has 0 aliphatic rings. The van der Waals surface area contributed by atoms with Crippen LogP contribution in [0.5, 0.6) is 5.75 Å². The number of methoxy groups -OCH3 is 1. The van der Waals surface area contributed by atoms with Crippen LogP contribution in [0.3, 0.4) is 0 Å². The summed E-state index contributed by atoms with van der Waals surface area (Å²) < 4.78 is 6.00. The van der Waals surface area contributed by atoms with Crippen LogP contribution < -0.4 is 10.5 Å². The van der Waals surface area contributed by atoms with Gasteiger partial charge in [-0.3, -0.25) is 0 Å². The first kappa shape index (κ1) is 12.0. The molecule has 15 heavy (non-hydrogen) atoms. The molecule has 0 aliphatic heterocycles. The predicted molar refractivity (Wildman–Crippen MR) is 62.5 cm³/mol. The number of hydrogen-bond acceptors (Lipinski definition) is 3. The molecule has 2 N–H and O–H groups in total. The Hall–Kier alpha value is -1.05. The summed E-state index contributed by atoms with van der Waals surface area (Å²) in [4.78, 5) is 0. The van der Waals surface area contributed by atoms with Gasteiger partial charge in [0.1, 0.15) is 5.75 Å². The predicted octanol–water partition coefficient (Wildman–Crippen LogP) is 2.76. The standard InChI is InChI=1S/C11H13BrN2O/c1-15-11-5-4-8(7-9(11)12)10(14)3-2-6-13/h4-5,7,10H,2-3,14H2,1H3. The van der Waals surface area contributed by atoms with Crippen LogP contribution in [0.1, 0.15) is 24.4 Å². The second-order valence-corrected chi connectivity index (χ2v) is 4.05. The Morgan fingerprint density at radius 2 is 2.33 bits per heavy atom. The van der Waals surface area contributed by atoms with Gasteiger partial charge in [0.2, 0.25) is 0 Å². The van der Waals surface area contributed by atoms with Crippen molar-refractivity contribution < 1.29 is 4.74 Å². The third kappa shape index (κ3) is 3.22. The SMILES string of the molecule is COc1ccc(C(N)CCC#N)cc1Br. The van der Waals surface area contributed by atoms with E-state index in [1.54, 1.807) is 7.11 Å². The smallest absolute Gasteiger partial charge is 0.133 e. The van der Waals surface area contributed by atoms with E-state index in [4.69, 9.17) is 15.7 Å². The van der Waals surface area contributed by atoms with Crippen LogP contribution in [0.25, 0.3) is 0 Å². The number of nitrogens with zero attached hydrogens (tertiary/aromatic N) is 1. The third-order valence-electron chi connectivity index (χ3n) is 2.17. The Morgan fingerprint density at radius 3 is 2.87 bits per heavy atom. The first-order valence-electron chi connectivity index (χ1n) is 4.65. The lowest BCUT2D eigenvalue weighted by Gasteiger charge is -2.11. The summed E-state index contributed by atoms with van der Waals surface area (Å²) in [5.41, 5.74) is 6.94. The molecule has 3 nitrogen and oxygen atoms in total. The first-order valence-corrected chi connectivity index (χ1v) is 5.44. The molecule has 0 saturated carbocycles. The lowest BCUT2D eigenvalue weighted by molar-refractivity contribution is 0.412. The summed E-state index contributed by atoms with van der Waals surface area (Å²) in [6, 6.07) is 7.72. The quantitative estimate of drug-likeness (QED) is 0.914. The van der Waals surface area contributed by atoms with Gasteiger partial charge in [-0.2, -0.15) is 5.26 Å². The van der Waals surface area contributed by atoms with Crippen molar-refractivity contribution in [1.29, 1.82) is 5.26 Å². The molecule has 0 radical (unpaired) electrons. The van der Waals surface area contributed by atoms with Gasteiger partial charge in [-0.1, -0.05) is 6.07 Å². The largest absolute Gasteiger partial charge is 0.496 e. The van der Waals surface area contributed by atoms with Crippen molar-refractivity contribution in [1.82, 2.24) is 0 Å². The van der Waals surface area contributed by atoms with Gasteiger partial charge in [0.15, 0.2) is 0 Å². The van der Waals surface area contributed by atoms with Crippen molar-refractivity contribution in [2.45, 2.75) is 18.9 Å². The van der Waals surface area contributed by atoms with Gasteiger partial charge in [0, 0.05) is 12.5 Å². The molecule has 0 amide bonds. The summed E-state index contributed by atoms with van der Waals surface area (Å²) in [7, 11) is 1.62. The number of nitrogens with two attached hydrogens (primary N) is 1. The van der Waals surface area contributed by atoms with Crippen LogP contribution in [0, 0.1) is 11.3 Å². The average molecular weight is 269 g/mol. The number of rotatable bonds is 4. The van der Waals surface area contributed by atoms with Gasteiger partial charge in [-0.25, -0.2) is 0 Å². The lowest BCUT2D eigenvalue weighted by atomic mass is 10.0. The van der Waals surface area contributed by atoms with Crippen LogP contribution in [0.2, 0.25) is 0 Å². The molecule has 0 fully saturated rings. The normalized spacial score (nSPS) is 11.9. The highest BCUT2D eigenvalue weighted by atomic mass is 79.9. The molecule has 0 aromatic heterocycles. The van der Waals surface area contributed by atoms with E-state index in [1.165, 1.54) is 0 Å². The number of halogens is 1. The van der Waals surface area contributed by atoms with Gasteiger partial charge in [-0.15, -0.1) is 0 Å². The average Bonchev–Trinajstić information content (AvgIpc) is 2.25. The number of ether oxygens (including phenoxy) is 1. The summed E-state index contributed by atoms with van der Waals surface area (Å²) >= 11 is 3.40. The molecule has 1 unspecified atom stereocenters. The summed E-state index contributed by atoms with van der Waals surface area (Å²) in [5.74, 6) is 0.784. The topological polar surface area (TPSA) is 59.0 Å². The molecule has 4 heteroatoms. The maximum absolute atomic E-state index is 8.46. The molecule has 0 saturated heterocycles. The second-order valence-electron chi connectivity index (χ2n) is 3.20. The summed E-state index contributed by atoms with van der Waals surface area (Å²) in [6.07, 6.45) is 1.15. The van der Waals surface area contributed by atoms with Crippen LogP contribution in [-0.2, 0) is 0 Å². The van der Waals surface area contributed by atoms with Gasteiger partial charge in [0.05, 0.1) is 17.7 Å². The fourth-order valence-electron chi connectivity index (χ4n) is 1.30. The molecule has 1 rings (SSSR count). The van der Waals surface area contributed by atoms with Crippen molar-refractivity contribution in [3.63, 3.8) is 0 Å². The molecule has 1 aromatic carbocycles. The Balaban J connectivity index is 2.79. The van der Waals surface area contributed by atoms with Gasteiger partial charge in [-0.05, 0) is 40.0 Å². The molecule has 1 aromatic rings. The monoisotopic (exact) mass is 268 g/mol. The fraction of sp³-hybridized carbons (Fsp3) is 0.364. The number of hydrogen-bond donors (Lipinski definition) is 1. The van der Waals surface area contributed by atoms with E-state index in [0.29, 0.717) is 12.8 Å². The Bertz CT molecular complexity index is 373. The molecular weight excluding hydrogens is 256 g/mol. The van der Waals surface area contributed by atoms with Crippen molar-refractivity contribution in [3.05, 3.63) is 28.2 Å². The zero-order valence-corrected chi connectivity index (χ0v) is 10.1. The van der Waals surface area contributed by atoms with Crippen LogP contribution in [-0.4, -0.2) is 7.11 Å².